The molecule has 2 rings (SSSR count). The van der Waals surface area contributed by atoms with E-state index in [4.69, 9.17) is 16.3 Å². The van der Waals surface area contributed by atoms with Gasteiger partial charge in [-0.1, -0.05) is 0 Å². The zero-order valence-electron chi connectivity index (χ0n) is 9.39. The molecule has 0 spiro atoms. The molecule has 2 aromatic rings. The number of thioether (sulfide) groups is 1. The summed E-state index contributed by atoms with van der Waals surface area (Å²) >= 11 is 7.45. The predicted molar refractivity (Wildman–Crippen MR) is 72.1 cm³/mol. The van der Waals surface area contributed by atoms with E-state index in [0.29, 0.717) is 11.6 Å². The standard InChI is InChI=1S/C13H12ClNOS/c1-17-13-4-2-11(3-5-13)16-12-6-10(7-14)8-15-9-12/h2-6,8-9H,7H2,1H3. The van der Waals surface area contributed by atoms with Gasteiger partial charge in [-0.2, -0.15) is 0 Å². The molecule has 1 heterocycles. The highest BCUT2D eigenvalue weighted by Crippen LogP contribution is 2.24. The molecule has 0 N–H and O–H groups in total. The molecule has 0 saturated heterocycles. The van der Waals surface area contributed by atoms with E-state index in [1.165, 1.54) is 4.90 Å². The normalized spacial score (nSPS) is 10.2. The van der Waals surface area contributed by atoms with E-state index in [1.807, 2.05) is 36.6 Å². The van der Waals surface area contributed by atoms with Crippen LogP contribution in [0.4, 0.5) is 0 Å². The van der Waals surface area contributed by atoms with Gasteiger partial charge in [0.1, 0.15) is 11.5 Å². The second-order valence-corrected chi connectivity index (χ2v) is 4.59. The summed E-state index contributed by atoms with van der Waals surface area (Å²) in [7, 11) is 0. The molecule has 0 atom stereocenters. The summed E-state index contributed by atoms with van der Waals surface area (Å²) in [6.45, 7) is 0. The molecule has 0 unspecified atom stereocenters. The summed E-state index contributed by atoms with van der Waals surface area (Å²) in [5, 5.41) is 0. The lowest BCUT2D eigenvalue weighted by Crippen LogP contribution is -1.87. The monoisotopic (exact) mass is 265 g/mol. The Morgan fingerprint density at radius 1 is 1.18 bits per heavy atom. The fourth-order valence-corrected chi connectivity index (χ4v) is 1.93. The van der Waals surface area contributed by atoms with Crippen LogP contribution in [0.1, 0.15) is 5.56 Å². The molecule has 0 aliphatic rings. The first kappa shape index (κ1) is 12.3. The zero-order valence-corrected chi connectivity index (χ0v) is 11.0. The third-order valence-electron chi connectivity index (χ3n) is 2.22. The van der Waals surface area contributed by atoms with Crippen LogP contribution in [-0.2, 0) is 5.88 Å². The molecule has 1 aromatic heterocycles. The molecule has 0 fully saturated rings. The van der Waals surface area contributed by atoms with Crippen LogP contribution >= 0.6 is 23.4 Å². The van der Waals surface area contributed by atoms with Crippen molar-refractivity contribution in [3.63, 3.8) is 0 Å². The maximum atomic E-state index is 5.74. The second kappa shape index (κ2) is 5.94. The molecule has 0 amide bonds. The maximum Gasteiger partial charge on any atom is 0.146 e. The van der Waals surface area contributed by atoms with Crippen LogP contribution in [0.3, 0.4) is 0 Å². The van der Waals surface area contributed by atoms with Crippen LogP contribution in [0.5, 0.6) is 11.5 Å². The third kappa shape index (κ3) is 3.38. The fraction of sp³-hybridized carbons (Fsp3) is 0.154. The molecule has 1 aromatic carbocycles. The lowest BCUT2D eigenvalue weighted by molar-refractivity contribution is 0.479. The van der Waals surface area contributed by atoms with Crippen LogP contribution in [0.25, 0.3) is 0 Å². The largest absolute Gasteiger partial charge is 0.456 e. The van der Waals surface area contributed by atoms with Crippen LogP contribution in [0.15, 0.2) is 47.6 Å². The van der Waals surface area contributed by atoms with Crippen molar-refractivity contribution in [2.45, 2.75) is 10.8 Å². The topological polar surface area (TPSA) is 22.1 Å². The number of nitrogens with zero attached hydrogens (tertiary/aromatic N) is 1. The average molecular weight is 266 g/mol. The molecule has 4 heteroatoms. The fourth-order valence-electron chi connectivity index (χ4n) is 1.37. The Labute approximate surface area is 110 Å². The molecule has 0 aliphatic carbocycles. The van der Waals surface area contributed by atoms with E-state index >= 15 is 0 Å². The molecule has 17 heavy (non-hydrogen) atoms. The van der Waals surface area contributed by atoms with Crippen molar-refractivity contribution in [1.29, 1.82) is 0 Å². The van der Waals surface area contributed by atoms with Gasteiger partial charge in [-0.15, -0.1) is 23.4 Å². The SMILES string of the molecule is CSc1ccc(Oc2cncc(CCl)c2)cc1. The maximum absolute atomic E-state index is 5.74. The Morgan fingerprint density at radius 2 is 1.94 bits per heavy atom. The predicted octanol–water partition coefficient (Wildman–Crippen LogP) is 4.33. The Balaban J connectivity index is 2.13. The lowest BCUT2D eigenvalue weighted by Gasteiger charge is -2.06. The van der Waals surface area contributed by atoms with E-state index in [-0.39, 0.29) is 0 Å². The smallest absolute Gasteiger partial charge is 0.146 e. The summed E-state index contributed by atoms with van der Waals surface area (Å²) in [6.07, 6.45) is 5.46. The van der Waals surface area contributed by atoms with Gasteiger partial charge >= 0.3 is 0 Å². The summed E-state index contributed by atoms with van der Waals surface area (Å²) < 4.78 is 5.69. The van der Waals surface area contributed by atoms with Gasteiger partial charge in [-0.3, -0.25) is 4.98 Å². The van der Waals surface area contributed by atoms with Crippen molar-refractivity contribution in [3.05, 3.63) is 48.3 Å². The highest BCUT2D eigenvalue weighted by atomic mass is 35.5. The first-order valence-corrected chi connectivity index (χ1v) is 6.89. The quantitative estimate of drug-likeness (QED) is 0.607. The summed E-state index contributed by atoms with van der Waals surface area (Å²) in [4.78, 5) is 5.28. The van der Waals surface area contributed by atoms with Gasteiger partial charge in [0.15, 0.2) is 0 Å². The number of aromatic nitrogens is 1. The number of rotatable bonds is 4. The lowest BCUT2D eigenvalue weighted by atomic mass is 10.3. The van der Waals surface area contributed by atoms with Crippen LogP contribution in [0, 0.1) is 0 Å². The minimum atomic E-state index is 0.440. The van der Waals surface area contributed by atoms with Gasteiger partial charge in [0.2, 0.25) is 0 Å². The van der Waals surface area contributed by atoms with E-state index < -0.39 is 0 Å². The molecule has 0 aliphatic heterocycles. The Hall–Kier alpha value is -1.19. The van der Waals surface area contributed by atoms with Gasteiger partial charge in [0.25, 0.3) is 0 Å². The second-order valence-electron chi connectivity index (χ2n) is 3.44. The number of hydrogen-bond acceptors (Lipinski definition) is 3. The minimum Gasteiger partial charge on any atom is -0.456 e. The number of pyridine rings is 1. The first-order valence-electron chi connectivity index (χ1n) is 5.13. The number of hydrogen-bond donors (Lipinski definition) is 0. The van der Waals surface area contributed by atoms with E-state index in [9.17, 15) is 0 Å². The van der Waals surface area contributed by atoms with Crippen molar-refractivity contribution in [2.24, 2.45) is 0 Å². The number of ether oxygens (including phenoxy) is 1. The van der Waals surface area contributed by atoms with Crippen molar-refractivity contribution in [1.82, 2.24) is 4.98 Å². The molecule has 0 radical (unpaired) electrons. The number of benzene rings is 1. The molecule has 2 nitrogen and oxygen atoms in total. The Bertz CT molecular complexity index is 487. The van der Waals surface area contributed by atoms with Gasteiger partial charge in [-0.25, -0.2) is 0 Å². The summed E-state index contributed by atoms with van der Waals surface area (Å²) in [6, 6.07) is 9.83. The molecular weight excluding hydrogens is 254 g/mol. The van der Waals surface area contributed by atoms with E-state index in [2.05, 4.69) is 4.98 Å². The average Bonchev–Trinajstić information content (AvgIpc) is 2.40. The minimum absolute atomic E-state index is 0.440. The Morgan fingerprint density at radius 3 is 2.59 bits per heavy atom. The van der Waals surface area contributed by atoms with Crippen LogP contribution in [0.2, 0.25) is 0 Å². The van der Waals surface area contributed by atoms with Crippen LogP contribution in [-0.4, -0.2) is 11.2 Å². The number of halogens is 1. The van der Waals surface area contributed by atoms with Crippen LogP contribution < -0.4 is 4.74 Å². The Kier molecular flexibility index (Phi) is 4.29. The molecule has 0 saturated carbocycles. The van der Waals surface area contributed by atoms with Gasteiger partial charge in [-0.05, 0) is 42.2 Å². The molecule has 88 valence electrons. The van der Waals surface area contributed by atoms with Crippen molar-refractivity contribution >= 4 is 23.4 Å². The van der Waals surface area contributed by atoms with Gasteiger partial charge < -0.3 is 4.74 Å². The highest BCUT2D eigenvalue weighted by molar-refractivity contribution is 7.98. The van der Waals surface area contributed by atoms with Crippen molar-refractivity contribution < 1.29 is 4.74 Å². The van der Waals surface area contributed by atoms with E-state index in [0.717, 1.165) is 11.3 Å². The van der Waals surface area contributed by atoms with Crippen molar-refractivity contribution in [2.75, 3.05) is 6.26 Å². The summed E-state index contributed by atoms with van der Waals surface area (Å²) in [5.41, 5.74) is 0.949. The molecular formula is C13H12ClNOS. The first-order chi connectivity index (χ1) is 8.31. The molecule has 0 bridgehead atoms. The van der Waals surface area contributed by atoms with Crippen molar-refractivity contribution in [3.8, 4) is 11.5 Å². The third-order valence-corrected chi connectivity index (χ3v) is 3.27. The van der Waals surface area contributed by atoms with Gasteiger partial charge in [0, 0.05) is 17.0 Å². The van der Waals surface area contributed by atoms with Gasteiger partial charge in [0.05, 0.1) is 6.20 Å². The van der Waals surface area contributed by atoms with E-state index in [1.54, 1.807) is 24.2 Å². The zero-order chi connectivity index (χ0) is 12.1. The highest BCUT2D eigenvalue weighted by Gasteiger charge is 1.99. The summed E-state index contributed by atoms with van der Waals surface area (Å²) in [5.74, 6) is 1.95. The number of alkyl halides is 1.